The van der Waals surface area contributed by atoms with Crippen LogP contribution in [0.2, 0.25) is 5.02 Å². The van der Waals surface area contributed by atoms with Crippen LogP contribution < -0.4 is 4.74 Å². The molecule has 0 N–H and O–H groups in total. The van der Waals surface area contributed by atoms with Gasteiger partial charge in [-0.15, -0.1) is 0 Å². The summed E-state index contributed by atoms with van der Waals surface area (Å²) in [5.74, 6) is 0.382. The molecule has 1 unspecified atom stereocenters. The highest BCUT2D eigenvalue weighted by Crippen LogP contribution is 2.36. The van der Waals surface area contributed by atoms with Crippen LogP contribution in [0.3, 0.4) is 0 Å². The molecule has 0 heterocycles. The van der Waals surface area contributed by atoms with Crippen molar-refractivity contribution in [2.75, 3.05) is 27.3 Å². The third-order valence-electron chi connectivity index (χ3n) is 7.57. The number of methoxy groups -OCH3 is 2. The zero-order chi connectivity index (χ0) is 28.3. The number of esters is 2. The van der Waals surface area contributed by atoms with Gasteiger partial charge in [0, 0.05) is 29.6 Å². The molecule has 1 atom stereocenters. The standard InChI is InChI=1S/C33H38ClNO5/c1-38-32(36)16-7-8-20-35(30-14-9-12-25-22-26(33(37)39-2)17-18-28(25)30)21-19-24-10-4-6-15-31(24)40-23-27-11-3-5-13-29(27)34/h3-6,10-11,13,15,17-18,22,30H,7-9,12,14,16,19-21,23H2,1-2H3. The van der Waals surface area contributed by atoms with Crippen LogP contribution in [-0.4, -0.2) is 44.1 Å². The predicted octanol–water partition coefficient (Wildman–Crippen LogP) is 6.97. The molecular weight excluding hydrogens is 526 g/mol. The van der Waals surface area contributed by atoms with Crippen LogP contribution in [0.5, 0.6) is 5.75 Å². The molecule has 3 aromatic carbocycles. The summed E-state index contributed by atoms with van der Waals surface area (Å²) in [5, 5.41) is 0.699. The lowest BCUT2D eigenvalue weighted by Gasteiger charge is -2.36. The molecular formula is C33H38ClNO5. The number of unbranched alkanes of at least 4 members (excludes halogenated alkanes) is 1. The normalized spacial score (nSPS) is 14.4. The molecule has 1 aliphatic carbocycles. The summed E-state index contributed by atoms with van der Waals surface area (Å²) in [5.41, 5.74) is 5.18. The van der Waals surface area contributed by atoms with Gasteiger partial charge in [0.25, 0.3) is 0 Å². The van der Waals surface area contributed by atoms with E-state index in [9.17, 15) is 9.59 Å². The fourth-order valence-electron chi connectivity index (χ4n) is 5.41. The second-order valence-corrected chi connectivity index (χ2v) is 10.5. The van der Waals surface area contributed by atoms with E-state index >= 15 is 0 Å². The van der Waals surface area contributed by atoms with Crippen molar-refractivity contribution in [1.29, 1.82) is 0 Å². The van der Waals surface area contributed by atoms with Gasteiger partial charge in [0.2, 0.25) is 0 Å². The van der Waals surface area contributed by atoms with Gasteiger partial charge in [-0.3, -0.25) is 9.69 Å². The Balaban J connectivity index is 1.50. The van der Waals surface area contributed by atoms with Gasteiger partial charge in [0.05, 0.1) is 19.8 Å². The number of halogens is 1. The summed E-state index contributed by atoms with van der Waals surface area (Å²) in [4.78, 5) is 26.3. The van der Waals surface area contributed by atoms with Gasteiger partial charge in [-0.2, -0.15) is 0 Å². The second kappa shape index (κ2) is 14.9. The first kappa shape index (κ1) is 29.6. The first-order valence-corrected chi connectivity index (χ1v) is 14.3. The van der Waals surface area contributed by atoms with E-state index in [2.05, 4.69) is 17.0 Å². The molecule has 212 valence electrons. The maximum atomic E-state index is 12.1. The van der Waals surface area contributed by atoms with Gasteiger partial charge >= 0.3 is 11.9 Å². The number of carbonyl (C=O) groups excluding carboxylic acids is 2. The van der Waals surface area contributed by atoms with Crippen LogP contribution in [0.15, 0.2) is 66.7 Å². The molecule has 0 fully saturated rings. The van der Waals surface area contributed by atoms with E-state index < -0.39 is 0 Å². The molecule has 4 rings (SSSR count). The molecule has 0 aromatic heterocycles. The van der Waals surface area contributed by atoms with Gasteiger partial charge in [-0.25, -0.2) is 4.79 Å². The SMILES string of the molecule is COC(=O)CCCCN(CCc1ccccc1OCc1ccccc1Cl)C1CCCc2cc(C(=O)OC)ccc21. The van der Waals surface area contributed by atoms with Crippen LogP contribution in [0, 0.1) is 0 Å². The number of hydrogen-bond donors (Lipinski definition) is 0. The molecule has 3 aromatic rings. The van der Waals surface area contributed by atoms with Crippen molar-refractivity contribution in [2.45, 2.75) is 57.6 Å². The molecule has 40 heavy (non-hydrogen) atoms. The summed E-state index contributed by atoms with van der Waals surface area (Å²) >= 11 is 6.34. The molecule has 0 amide bonds. The number of ether oxygens (including phenoxy) is 3. The first-order valence-electron chi connectivity index (χ1n) is 14.0. The van der Waals surface area contributed by atoms with Gasteiger partial charge in [-0.05, 0) is 86.0 Å². The third kappa shape index (κ3) is 7.86. The van der Waals surface area contributed by atoms with E-state index in [1.54, 1.807) is 0 Å². The summed E-state index contributed by atoms with van der Waals surface area (Å²) in [6.07, 6.45) is 5.97. The molecule has 6 nitrogen and oxygen atoms in total. The van der Waals surface area contributed by atoms with Crippen LogP contribution in [0.1, 0.15) is 70.8 Å². The molecule has 0 spiro atoms. The Morgan fingerprint density at radius 2 is 1.70 bits per heavy atom. The minimum Gasteiger partial charge on any atom is -0.489 e. The molecule has 0 saturated carbocycles. The van der Waals surface area contributed by atoms with Crippen LogP contribution in [0.25, 0.3) is 0 Å². The third-order valence-corrected chi connectivity index (χ3v) is 7.94. The highest BCUT2D eigenvalue weighted by molar-refractivity contribution is 6.31. The zero-order valence-corrected chi connectivity index (χ0v) is 24.1. The van der Waals surface area contributed by atoms with Gasteiger partial charge in [0.15, 0.2) is 0 Å². The first-order chi connectivity index (χ1) is 19.5. The number of fused-ring (bicyclic) bond motifs is 1. The maximum Gasteiger partial charge on any atom is 0.337 e. The molecule has 1 aliphatic rings. The average Bonchev–Trinajstić information content (AvgIpc) is 2.99. The smallest absolute Gasteiger partial charge is 0.337 e. The lowest BCUT2D eigenvalue weighted by Crippen LogP contribution is -2.34. The predicted molar refractivity (Wildman–Crippen MR) is 157 cm³/mol. The second-order valence-electron chi connectivity index (χ2n) is 10.1. The zero-order valence-electron chi connectivity index (χ0n) is 23.4. The Morgan fingerprint density at radius 3 is 2.48 bits per heavy atom. The lowest BCUT2D eigenvalue weighted by molar-refractivity contribution is -0.140. The van der Waals surface area contributed by atoms with Crippen LogP contribution in [-0.2, 0) is 33.7 Å². The van der Waals surface area contributed by atoms with E-state index in [1.807, 2.05) is 54.6 Å². The largest absolute Gasteiger partial charge is 0.489 e. The fourth-order valence-corrected chi connectivity index (χ4v) is 5.60. The number of carbonyl (C=O) groups is 2. The van der Waals surface area contributed by atoms with E-state index in [4.69, 9.17) is 25.8 Å². The van der Waals surface area contributed by atoms with Crippen molar-refractivity contribution in [2.24, 2.45) is 0 Å². The van der Waals surface area contributed by atoms with Crippen molar-refractivity contribution in [3.8, 4) is 5.75 Å². The van der Waals surface area contributed by atoms with Gasteiger partial charge in [-0.1, -0.05) is 54.1 Å². The Bertz CT molecular complexity index is 1290. The number of nitrogens with zero attached hydrogens (tertiary/aromatic N) is 1. The number of rotatable bonds is 13. The number of aryl methyl sites for hydroxylation is 1. The maximum absolute atomic E-state index is 12.1. The fraction of sp³-hybridized carbons (Fsp3) is 0.394. The minimum atomic E-state index is -0.307. The Morgan fingerprint density at radius 1 is 0.925 bits per heavy atom. The van der Waals surface area contributed by atoms with Crippen molar-refractivity contribution < 1.29 is 23.8 Å². The Labute approximate surface area is 242 Å². The lowest BCUT2D eigenvalue weighted by atomic mass is 9.85. The van der Waals surface area contributed by atoms with E-state index in [1.165, 1.54) is 25.3 Å². The van der Waals surface area contributed by atoms with Crippen LogP contribution >= 0.6 is 11.6 Å². The summed E-state index contributed by atoms with van der Waals surface area (Å²) in [6, 6.07) is 22.1. The Kier molecular flexibility index (Phi) is 11.0. The van der Waals surface area contributed by atoms with Crippen molar-refractivity contribution in [3.05, 3.63) is 99.6 Å². The summed E-state index contributed by atoms with van der Waals surface area (Å²) in [7, 11) is 2.85. The minimum absolute atomic E-state index is 0.172. The van der Waals surface area contributed by atoms with Crippen molar-refractivity contribution in [3.63, 3.8) is 0 Å². The molecule has 0 saturated heterocycles. The highest BCUT2D eigenvalue weighted by Gasteiger charge is 2.27. The molecule has 0 radical (unpaired) electrons. The van der Waals surface area contributed by atoms with Gasteiger partial charge in [0.1, 0.15) is 12.4 Å². The number of benzene rings is 3. The Hall–Kier alpha value is -3.35. The van der Waals surface area contributed by atoms with Crippen molar-refractivity contribution in [1.82, 2.24) is 4.90 Å². The molecule has 7 heteroatoms. The highest BCUT2D eigenvalue weighted by atomic mass is 35.5. The van der Waals surface area contributed by atoms with E-state index in [0.29, 0.717) is 23.6 Å². The summed E-state index contributed by atoms with van der Waals surface area (Å²) in [6.45, 7) is 2.11. The topological polar surface area (TPSA) is 65.1 Å². The molecule has 0 bridgehead atoms. The van der Waals surface area contributed by atoms with Gasteiger partial charge < -0.3 is 14.2 Å². The van der Waals surface area contributed by atoms with Crippen molar-refractivity contribution >= 4 is 23.5 Å². The van der Waals surface area contributed by atoms with E-state index in [0.717, 1.165) is 68.5 Å². The molecule has 0 aliphatic heterocycles. The quantitative estimate of drug-likeness (QED) is 0.165. The number of hydrogen-bond acceptors (Lipinski definition) is 6. The number of para-hydroxylation sites is 1. The van der Waals surface area contributed by atoms with Crippen LogP contribution in [0.4, 0.5) is 0 Å². The average molecular weight is 564 g/mol. The monoisotopic (exact) mass is 563 g/mol. The van der Waals surface area contributed by atoms with E-state index in [-0.39, 0.29) is 18.0 Å². The summed E-state index contributed by atoms with van der Waals surface area (Å²) < 4.78 is 16.0.